The third-order valence-electron chi connectivity index (χ3n) is 4.10. The van der Waals surface area contributed by atoms with E-state index in [2.05, 4.69) is 5.32 Å². The largest absolute Gasteiger partial charge is 0.490 e. The molecule has 136 valence electrons. The van der Waals surface area contributed by atoms with Gasteiger partial charge < -0.3 is 14.4 Å². The van der Waals surface area contributed by atoms with Crippen molar-refractivity contribution >= 4 is 23.2 Å². The number of hydrogen-bond donors (Lipinski definition) is 1. The number of amides is 1. The van der Waals surface area contributed by atoms with Crippen LogP contribution in [0.2, 0.25) is 0 Å². The second kappa shape index (κ2) is 9.20. The van der Waals surface area contributed by atoms with Gasteiger partial charge in [-0.1, -0.05) is 30.3 Å². The lowest BCUT2D eigenvalue weighted by atomic mass is 10.2. The Labute approximate surface area is 158 Å². The highest BCUT2D eigenvalue weighted by molar-refractivity contribution is 7.80. The fourth-order valence-electron chi connectivity index (χ4n) is 2.77. The Morgan fingerprint density at radius 2 is 1.62 bits per heavy atom. The van der Waals surface area contributed by atoms with Gasteiger partial charge in [0.1, 0.15) is 24.7 Å². The number of carbonyl (C=O) groups excluding carboxylic acids is 1. The summed E-state index contributed by atoms with van der Waals surface area (Å²) in [5, 5.41) is 3.28. The summed E-state index contributed by atoms with van der Waals surface area (Å²) in [5.41, 5.74) is 0.466. The molecule has 26 heavy (non-hydrogen) atoms. The second-order valence-electron chi connectivity index (χ2n) is 5.96. The Bertz CT molecular complexity index is 746. The van der Waals surface area contributed by atoms with E-state index in [0.29, 0.717) is 29.6 Å². The van der Waals surface area contributed by atoms with Gasteiger partial charge in [0.15, 0.2) is 5.11 Å². The number of thiocarbonyl (C=S) groups is 1. The number of likely N-dealkylation sites (tertiary alicyclic amines) is 1. The zero-order valence-electron chi connectivity index (χ0n) is 14.5. The SMILES string of the molecule is O=C(NC(=S)N1CCCC1)c1ccccc1OCCOc1ccccc1. The molecule has 0 spiro atoms. The maximum absolute atomic E-state index is 12.6. The van der Waals surface area contributed by atoms with E-state index in [1.165, 1.54) is 0 Å². The minimum absolute atomic E-state index is 0.249. The molecule has 1 aliphatic rings. The fraction of sp³-hybridized carbons (Fsp3) is 0.300. The van der Waals surface area contributed by atoms with Crippen molar-refractivity contribution in [2.45, 2.75) is 12.8 Å². The number of ether oxygens (including phenoxy) is 2. The monoisotopic (exact) mass is 370 g/mol. The minimum atomic E-state index is -0.249. The summed E-state index contributed by atoms with van der Waals surface area (Å²) >= 11 is 5.33. The van der Waals surface area contributed by atoms with Crippen LogP contribution >= 0.6 is 12.2 Å². The summed E-state index contributed by atoms with van der Waals surface area (Å²) in [5.74, 6) is 1.06. The van der Waals surface area contributed by atoms with Gasteiger partial charge in [-0.2, -0.15) is 0 Å². The molecule has 1 fully saturated rings. The van der Waals surface area contributed by atoms with E-state index >= 15 is 0 Å². The third kappa shape index (κ3) is 4.95. The van der Waals surface area contributed by atoms with Gasteiger partial charge in [-0.3, -0.25) is 10.1 Å². The maximum atomic E-state index is 12.6. The summed E-state index contributed by atoms with van der Waals surface area (Å²) < 4.78 is 11.4. The molecular weight excluding hydrogens is 348 g/mol. The Kier molecular flexibility index (Phi) is 6.44. The quantitative estimate of drug-likeness (QED) is 0.625. The first-order valence-electron chi connectivity index (χ1n) is 8.74. The van der Waals surface area contributed by atoms with E-state index in [9.17, 15) is 4.79 Å². The van der Waals surface area contributed by atoms with Gasteiger partial charge in [-0.05, 0) is 49.3 Å². The molecule has 2 aromatic rings. The third-order valence-corrected chi connectivity index (χ3v) is 4.46. The molecular formula is C20H22N2O3S. The van der Waals surface area contributed by atoms with Gasteiger partial charge in [-0.15, -0.1) is 0 Å². The molecule has 0 radical (unpaired) electrons. The number of nitrogens with zero attached hydrogens (tertiary/aromatic N) is 1. The molecule has 0 unspecified atom stereocenters. The minimum Gasteiger partial charge on any atom is -0.490 e. The molecule has 0 aromatic heterocycles. The molecule has 1 saturated heterocycles. The van der Waals surface area contributed by atoms with Crippen LogP contribution in [-0.2, 0) is 0 Å². The predicted octanol–water partition coefficient (Wildman–Crippen LogP) is 3.25. The Morgan fingerprint density at radius 1 is 0.962 bits per heavy atom. The normalized spacial score (nSPS) is 13.3. The summed E-state index contributed by atoms with van der Waals surface area (Å²) in [6.45, 7) is 2.53. The van der Waals surface area contributed by atoms with Crippen molar-refractivity contribution in [3.05, 3.63) is 60.2 Å². The predicted molar refractivity (Wildman–Crippen MR) is 105 cm³/mol. The van der Waals surface area contributed by atoms with Gasteiger partial charge in [0, 0.05) is 13.1 Å². The summed E-state index contributed by atoms with van der Waals surface area (Å²) in [7, 11) is 0. The van der Waals surface area contributed by atoms with E-state index in [0.717, 1.165) is 31.7 Å². The number of hydrogen-bond acceptors (Lipinski definition) is 4. The molecule has 1 aliphatic heterocycles. The lowest BCUT2D eigenvalue weighted by molar-refractivity contribution is 0.0968. The van der Waals surface area contributed by atoms with Crippen molar-refractivity contribution < 1.29 is 14.3 Å². The van der Waals surface area contributed by atoms with Gasteiger partial charge in [0.05, 0.1) is 5.56 Å². The molecule has 1 heterocycles. The summed E-state index contributed by atoms with van der Waals surface area (Å²) in [4.78, 5) is 14.6. The maximum Gasteiger partial charge on any atom is 0.261 e. The molecule has 3 rings (SSSR count). The molecule has 6 heteroatoms. The van der Waals surface area contributed by atoms with Crippen LogP contribution in [0.25, 0.3) is 0 Å². The van der Waals surface area contributed by atoms with E-state index < -0.39 is 0 Å². The zero-order valence-corrected chi connectivity index (χ0v) is 15.3. The summed E-state index contributed by atoms with van der Waals surface area (Å²) in [6.07, 6.45) is 2.22. The van der Waals surface area contributed by atoms with Crippen LogP contribution in [0.1, 0.15) is 23.2 Å². The Balaban J connectivity index is 1.53. The standard InChI is InChI=1S/C20H22N2O3S/c23-19(21-20(26)22-12-6-7-13-22)17-10-4-5-11-18(17)25-15-14-24-16-8-2-1-3-9-16/h1-5,8-11H,6-7,12-15H2,(H,21,23,26). The highest BCUT2D eigenvalue weighted by Gasteiger charge is 2.19. The van der Waals surface area contributed by atoms with E-state index in [1.807, 2.05) is 41.3 Å². The number of carbonyl (C=O) groups is 1. The topological polar surface area (TPSA) is 50.8 Å². The van der Waals surface area contributed by atoms with Crippen molar-refractivity contribution in [2.24, 2.45) is 0 Å². The lowest BCUT2D eigenvalue weighted by Crippen LogP contribution is -2.41. The first-order chi connectivity index (χ1) is 12.7. The molecule has 1 N–H and O–H groups in total. The fourth-order valence-corrected chi connectivity index (χ4v) is 3.05. The number of benzene rings is 2. The Morgan fingerprint density at radius 3 is 2.38 bits per heavy atom. The molecule has 5 nitrogen and oxygen atoms in total. The van der Waals surface area contributed by atoms with Crippen LogP contribution in [0.15, 0.2) is 54.6 Å². The van der Waals surface area contributed by atoms with Crippen LogP contribution in [-0.4, -0.2) is 42.2 Å². The van der Waals surface area contributed by atoms with Crippen molar-refractivity contribution in [1.82, 2.24) is 10.2 Å². The molecule has 0 atom stereocenters. The number of rotatable bonds is 6. The Hall–Kier alpha value is -2.60. The molecule has 0 bridgehead atoms. The molecule has 0 aliphatic carbocycles. The first-order valence-corrected chi connectivity index (χ1v) is 9.15. The number of para-hydroxylation sites is 2. The number of nitrogens with one attached hydrogen (secondary N) is 1. The highest BCUT2D eigenvalue weighted by atomic mass is 32.1. The van der Waals surface area contributed by atoms with Gasteiger partial charge >= 0.3 is 0 Å². The van der Waals surface area contributed by atoms with Crippen LogP contribution in [0.5, 0.6) is 11.5 Å². The van der Waals surface area contributed by atoms with Gasteiger partial charge in [0.25, 0.3) is 5.91 Å². The van der Waals surface area contributed by atoms with Crippen molar-refractivity contribution in [1.29, 1.82) is 0 Å². The average Bonchev–Trinajstić information content (AvgIpc) is 3.21. The zero-order chi connectivity index (χ0) is 18.2. The van der Waals surface area contributed by atoms with E-state index in [4.69, 9.17) is 21.7 Å². The van der Waals surface area contributed by atoms with Crippen LogP contribution in [0.4, 0.5) is 0 Å². The van der Waals surface area contributed by atoms with Crippen LogP contribution in [0, 0.1) is 0 Å². The molecule has 2 aromatic carbocycles. The van der Waals surface area contributed by atoms with Crippen LogP contribution < -0.4 is 14.8 Å². The van der Waals surface area contributed by atoms with Crippen molar-refractivity contribution in [2.75, 3.05) is 26.3 Å². The molecule has 1 amide bonds. The van der Waals surface area contributed by atoms with Crippen LogP contribution in [0.3, 0.4) is 0 Å². The average molecular weight is 370 g/mol. The second-order valence-corrected chi connectivity index (χ2v) is 6.35. The smallest absolute Gasteiger partial charge is 0.261 e. The van der Waals surface area contributed by atoms with Gasteiger partial charge in [-0.25, -0.2) is 0 Å². The van der Waals surface area contributed by atoms with Crippen molar-refractivity contribution in [3.8, 4) is 11.5 Å². The lowest BCUT2D eigenvalue weighted by Gasteiger charge is -2.19. The highest BCUT2D eigenvalue weighted by Crippen LogP contribution is 2.18. The van der Waals surface area contributed by atoms with Gasteiger partial charge in [0.2, 0.25) is 0 Å². The van der Waals surface area contributed by atoms with E-state index in [1.54, 1.807) is 18.2 Å². The molecule has 0 saturated carbocycles. The summed E-state index contributed by atoms with van der Waals surface area (Å²) in [6, 6.07) is 16.7. The van der Waals surface area contributed by atoms with Crippen molar-refractivity contribution in [3.63, 3.8) is 0 Å². The van der Waals surface area contributed by atoms with E-state index in [-0.39, 0.29) is 5.91 Å². The first kappa shape index (κ1) is 18.2.